The summed E-state index contributed by atoms with van der Waals surface area (Å²) in [6, 6.07) is 14.0. The van der Waals surface area contributed by atoms with Crippen LogP contribution in [0.2, 0.25) is 0 Å². The molecule has 0 saturated carbocycles. The third-order valence-electron chi connectivity index (χ3n) is 3.08. The van der Waals surface area contributed by atoms with Gasteiger partial charge in [0.05, 0.1) is 0 Å². The van der Waals surface area contributed by atoms with Crippen molar-refractivity contribution in [2.75, 3.05) is 0 Å². The molecule has 2 aromatic rings. The van der Waals surface area contributed by atoms with Gasteiger partial charge in [0.1, 0.15) is 0 Å². The Morgan fingerprint density at radius 3 is 1.27 bits per heavy atom. The number of carbonyl (C=O) groups is 2. The van der Waals surface area contributed by atoms with Gasteiger partial charge in [0, 0.05) is 11.1 Å². The summed E-state index contributed by atoms with van der Waals surface area (Å²) in [6.45, 7) is 0. The molecule has 0 fully saturated rings. The Kier molecular flexibility index (Phi) is 5.02. The highest BCUT2D eigenvalue weighted by Gasteiger charge is 2.02. The molecular formula is C16H16N4O2. The molecule has 0 spiro atoms. The molecule has 0 heterocycles. The van der Waals surface area contributed by atoms with Crippen LogP contribution in [0.5, 0.6) is 0 Å². The van der Waals surface area contributed by atoms with Crippen molar-refractivity contribution in [3.63, 3.8) is 0 Å². The van der Waals surface area contributed by atoms with Gasteiger partial charge in [-0.3, -0.25) is 20.4 Å². The molecule has 0 aliphatic carbocycles. The normalized spacial score (nSPS) is 10.5. The highest BCUT2D eigenvalue weighted by molar-refractivity contribution is 5.94. The second-order valence-electron chi connectivity index (χ2n) is 4.52. The molecule has 6 heteroatoms. The fourth-order valence-corrected chi connectivity index (χ4v) is 1.85. The number of nitrogens with one attached hydrogen (secondary N) is 2. The van der Waals surface area contributed by atoms with E-state index in [1.165, 1.54) is 0 Å². The molecule has 0 bridgehead atoms. The molecule has 112 valence electrons. The smallest absolute Gasteiger partial charge is 0.265 e. The molecule has 0 saturated heterocycles. The minimum atomic E-state index is -0.329. The van der Waals surface area contributed by atoms with Crippen molar-refractivity contribution in [2.45, 2.75) is 0 Å². The molecule has 0 radical (unpaired) electrons. The molecule has 22 heavy (non-hydrogen) atoms. The standard InChI is InChI=1S/C16H16N4O2/c17-19-15(21)13-7-3-11(4-8-13)1-2-12-5-9-14(10-6-12)16(22)20-18/h1-10H,17-18H2,(H,19,21)(H,20,22)/b2-1+. The number of hydrazine groups is 2. The van der Waals surface area contributed by atoms with Gasteiger partial charge >= 0.3 is 0 Å². The lowest BCUT2D eigenvalue weighted by atomic mass is 10.1. The third-order valence-corrected chi connectivity index (χ3v) is 3.08. The number of nitrogen functional groups attached to an aromatic ring is 2. The van der Waals surface area contributed by atoms with Gasteiger partial charge in [-0.15, -0.1) is 0 Å². The molecule has 0 aliphatic heterocycles. The first-order chi connectivity index (χ1) is 10.6. The van der Waals surface area contributed by atoms with Crippen LogP contribution < -0.4 is 22.5 Å². The zero-order chi connectivity index (χ0) is 15.9. The van der Waals surface area contributed by atoms with Crippen molar-refractivity contribution in [1.29, 1.82) is 0 Å². The second-order valence-corrected chi connectivity index (χ2v) is 4.52. The number of carbonyl (C=O) groups excluding carboxylic acids is 2. The molecule has 6 nitrogen and oxygen atoms in total. The molecule has 2 aromatic carbocycles. The first kappa shape index (κ1) is 15.4. The van der Waals surface area contributed by atoms with Crippen LogP contribution >= 0.6 is 0 Å². The SMILES string of the molecule is NNC(=O)c1ccc(/C=C/c2ccc(C(=O)NN)cc2)cc1. The van der Waals surface area contributed by atoms with Gasteiger partial charge in [-0.2, -0.15) is 0 Å². The zero-order valence-electron chi connectivity index (χ0n) is 11.7. The Morgan fingerprint density at radius 2 is 1.00 bits per heavy atom. The van der Waals surface area contributed by atoms with Gasteiger partial charge in [-0.1, -0.05) is 36.4 Å². The first-order valence-electron chi connectivity index (χ1n) is 6.54. The minimum absolute atomic E-state index is 0.329. The van der Waals surface area contributed by atoms with Crippen LogP contribution in [0, 0.1) is 0 Å². The Morgan fingerprint density at radius 1 is 0.682 bits per heavy atom. The van der Waals surface area contributed by atoms with E-state index in [2.05, 4.69) is 10.9 Å². The largest absolute Gasteiger partial charge is 0.290 e. The molecule has 0 aromatic heterocycles. The monoisotopic (exact) mass is 296 g/mol. The average molecular weight is 296 g/mol. The first-order valence-corrected chi connectivity index (χ1v) is 6.54. The quantitative estimate of drug-likeness (QED) is 0.293. The molecular weight excluding hydrogens is 280 g/mol. The number of hydrogen-bond donors (Lipinski definition) is 4. The lowest BCUT2D eigenvalue weighted by molar-refractivity contribution is 0.0945. The summed E-state index contributed by atoms with van der Waals surface area (Å²) in [7, 11) is 0. The summed E-state index contributed by atoms with van der Waals surface area (Å²) in [4.78, 5) is 22.6. The average Bonchev–Trinajstić information content (AvgIpc) is 2.59. The van der Waals surface area contributed by atoms with Crippen molar-refractivity contribution >= 4 is 24.0 Å². The van der Waals surface area contributed by atoms with Gasteiger partial charge in [-0.05, 0) is 35.4 Å². The lowest BCUT2D eigenvalue weighted by Crippen LogP contribution is -2.29. The topological polar surface area (TPSA) is 110 Å². The maximum Gasteiger partial charge on any atom is 0.265 e. The molecule has 0 aliphatic rings. The summed E-state index contributed by atoms with van der Waals surface area (Å²) in [5.41, 5.74) is 7.04. The van der Waals surface area contributed by atoms with E-state index in [4.69, 9.17) is 11.7 Å². The van der Waals surface area contributed by atoms with E-state index >= 15 is 0 Å². The third kappa shape index (κ3) is 3.78. The number of amides is 2. The number of hydrogen-bond acceptors (Lipinski definition) is 4. The summed E-state index contributed by atoms with van der Waals surface area (Å²) < 4.78 is 0. The lowest BCUT2D eigenvalue weighted by Gasteiger charge is -2.01. The van der Waals surface area contributed by atoms with E-state index in [1.54, 1.807) is 24.3 Å². The Balaban J connectivity index is 2.08. The van der Waals surface area contributed by atoms with Gasteiger partial charge in [0.25, 0.3) is 11.8 Å². The minimum Gasteiger partial charge on any atom is -0.290 e. The molecule has 6 N–H and O–H groups in total. The van der Waals surface area contributed by atoms with Crippen LogP contribution in [0.15, 0.2) is 48.5 Å². The van der Waals surface area contributed by atoms with Gasteiger partial charge in [-0.25, -0.2) is 11.7 Å². The number of nitrogens with two attached hydrogens (primary N) is 2. The Hall–Kier alpha value is -2.96. The van der Waals surface area contributed by atoms with Crippen LogP contribution in [0.25, 0.3) is 12.2 Å². The summed E-state index contributed by atoms with van der Waals surface area (Å²) >= 11 is 0. The van der Waals surface area contributed by atoms with Crippen LogP contribution in [0.3, 0.4) is 0 Å². The van der Waals surface area contributed by atoms with Crippen LogP contribution in [0.4, 0.5) is 0 Å². The fourth-order valence-electron chi connectivity index (χ4n) is 1.85. The molecule has 2 rings (SSSR count). The fraction of sp³-hybridized carbons (Fsp3) is 0. The van der Waals surface area contributed by atoms with E-state index in [9.17, 15) is 9.59 Å². The Labute approximate surface area is 127 Å². The van der Waals surface area contributed by atoms with E-state index < -0.39 is 0 Å². The summed E-state index contributed by atoms with van der Waals surface area (Å²) in [5, 5.41) is 0. The van der Waals surface area contributed by atoms with Crippen molar-refractivity contribution in [3.8, 4) is 0 Å². The van der Waals surface area contributed by atoms with E-state index in [0.29, 0.717) is 11.1 Å². The van der Waals surface area contributed by atoms with Crippen molar-refractivity contribution in [1.82, 2.24) is 10.9 Å². The van der Waals surface area contributed by atoms with Crippen LogP contribution in [0.1, 0.15) is 31.8 Å². The molecule has 2 amide bonds. The molecule has 0 atom stereocenters. The van der Waals surface area contributed by atoms with Gasteiger partial charge < -0.3 is 0 Å². The van der Waals surface area contributed by atoms with E-state index in [0.717, 1.165) is 11.1 Å². The van der Waals surface area contributed by atoms with Gasteiger partial charge in [0.2, 0.25) is 0 Å². The van der Waals surface area contributed by atoms with Crippen molar-refractivity contribution in [2.24, 2.45) is 11.7 Å². The van der Waals surface area contributed by atoms with Crippen LogP contribution in [-0.2, 0) is 0 Å². The number of benzene rings is 2. The van der Waals surface area contributed by atoms with Crippen molar-refractivity contribution < 1.29 is 9.59 Å². The summed E-state index contributed by atoms with van der Waals surface area (Å²) in [5.74, 6) is 9.48. The highest BCUT2D eigenvalue weighted by Crippen LogP contribution is 2.11. The van der Waals surface area contributed by atoms with Gasteiger partial charge in [0.15, 0.2) is 0 Å². The van der Waals surface area contributed by atoms with Crippen LogP contribution in [-0.4, -0.2) is 11.8 Å². The maximum absolute atomic E-state index is 11.3. The Bertz CT molecular complexity index is 630. The molecule has 0 unspecified atom stereocenters. The predicted octanol–water partition coefficient (Wildman–Crippen LogP) is 1.06. The van der Waals surface area contributed by atoms with Crippen molar-refractivity contribution in [3.05, 3.63) is 70.8 Å². The maximum atomic E-state index is 11.3. The second kappa shape index (κ2) is 7.16. The predicted molar refractivity (Wildman–Crippen MR) is 85.1 cm³/mol. The van der Waals surface area contributed by atoms with E-state index in [-0.39, 0.29) is 11.8 Å². The summed E-state index contributed by atoms with van der Waals surface area (Å²) in [6.07, 6.45) is 3.81. The number of rotatable bonds is 4. The zero-order valence-corrected chi connectivity index (χ0v) is 11.7. The highest BCUT2D eigenvalue weighted by atomic mass is 16.2. The van der Waals surface area contributed by atoms with E-state index in [1.807, 2.05) is 36.4 Å².